The highest BCUT2D eigenvalue weighted by molar-refractivity contribution is 6.23. The fourth-order valence-electron chi connectivity index (χ4n) is 9.78. The van der Waals surface area contributed by atoms with Crippen LogP contribution in [0.1, 0.15) is 23.5 Å². The molecule has 0 spiro atoms. The second kappa shape index (κ2) is 15.1. The third-order valence-electron chi connectivity index (χ3n) is 12.9. The number of allylic oxidation sites excluding steroid dienone is 6. The van der Waals surface area contributed by atoms with Gasteiger partial charge in [0.15, 0.2) is 0 Å². The van der Waals surface area contributed by atoms with Crippen LogP contribution in [0.25, 0.3) is 88.4 Å². The third kappa shape index (κ3) is 6.28. The molecule has 0 saturated heterocycles. The molecular weight excluding hydrogens is 765 g/mol. The van der Waals surface area contributed by atoms with Crippen molar-refractivity contribution in [3.05, 3.63) is 248 Å². The molecule has 0 N–H and O–H groups in total. The molecule has 12 rings (SSSR count). The highest BCUT2D eigenvalue weighted by Gasteiger charge is 2.21. The first-order chi connectivity index (χ1) is 31.2. The van der Waals surface area contributed by atoms with Gasteiger partial charge in [0, 0.05) is 55.3 Å². The summed E-state index contributed by atoms with van der Waals surface area (Å²) in [5, 5.41) is 7.50. The number of aromatic nitrogens is 1. The Morgan fingerprint density at radius 3 is 1.98 bits per heavy atom. The number of hydrogen-bond donors (Lipinski definition) is 0. The minimum Gasteiger partial charge on any atom is -0.456 e. The van der Waals surface area contributed by atoms with Crippen LogP contribution in [-0.4, -0.2) is 4.40 Å². The van der Waals surface area contributed by atoms with Crippen LogP contribution in [0.2, 0.25) is 0 Å². The summed E-state index contributed by atoms with van der Waals surface area (Å²) in [6.07, 6.45) is 16.2. The zero-order valence-corrected chi connectivity index (χ0v) is 34.7. The van der Waals surface area contributed by atoms with Crippen LogP contribution in [-0.2, 0) is 0 Å². The monoisotopic (exact) mass is 806 g/mol. The van der Waals surface area contributed by atoms with Crippen molar-refractivity contribution in [2.75, 3.05) is 4.90 Å². The van der Waals surface area contributed by atoms with Crippen molar-refractivity contribution in [3.8, 4) is 22.3 Å². The van der Waals surface area contributed by atoms with Crippen molar-refractivity contribution < 1.29 is 4.42 Å². The number of fused-ring (bicyclic) bond motifs is 9. The van der Waals surface area contributed by atoms with Gasteiger partial charge in [-0.2, -0.15) is 0 Å². The van der Waals surface area contributed by atoms with E-state index >= 15 is 0 Å². The van der Waals surface area contributed by atoms with E-state index < -0.39 is 0 Å². The molecule has 3 heteroatoms. The molecule has 3 heterocycles. The van der Waals surface area contributed by atoms with Crippen LogP contribution in [0, 0.1) is 0 Å². The normalized spacial score (nSPS) is 14.6. The summed E-state index contributed by atoms with van der Waals surface area (Å²) in [6, 6.07) is 65.4. The van der Waals surface area contributed by atoms with E-state index in [4.69, 9.17) is 4.42 Å². The quantitative estimate of drug-likeness (QED) is 0.135. The molecule has 3 nitrogen and oxygen atoms in total. The minimum absolute atomic E-state index is 0.252. The van der Waals surface area contributed by atoms with E-state index in [2.05, 4.69) is 222 Å². The lowest BCUT2D eigenvalue weighted by atomic mass is 9.90. The smallest absolute Gasteiger partial charge is 0.136 e. The molecule has 11 aromatic rings. The minimum atomic E-state index is 0.252. The largest absolute Gasteiger partial charge is 0.456 e. The summed E-state index contributed by atoms with van der Waals surface area (Å²) in [4.78, 5) is 2.32. The van der Waals surface area contributed by atoms with Crippen molar-refractivity contribution in [2.45, 2.75) is 12.3 Å². The molecule has 63 heavy (non-hydrogen) atoms. The van der Waals surface area contributed by atoms with Gasteiger partial charge in [-0.1, -0.05) is 164 Å². The molecule has 1 unspecified atom stereocenters. The highest BCUT2D eigenvalue weighted by atomic mass is 16.3. The maximum atomic E-state index is 6.20. The first-order valence-corrected chi connectivity index (χ1v) is 21.7. The van der Waals surface area contributed by atoms with E-state index in [0.717, 1.165) is 51.0 Å². The topological polar surface area (TPSA) is 20.8 Å². The highest BCUT2D eigenvalue weighted by Crippen LogP contribution is 2.41. The number of benzene rings is 8. The van der Waals surface area contributed by atoms with Gasteiger partial charge in [-0.15, -0.1) is 0 Å². The van der Waals surface area contributed by atoms with Gasteiger partial charge in [0.05, 0.1) is 16.6 Å². The van der Waals surface area contributed by atoms with Gasteiger partial charge >= 0.3 is 0 Å². The third-order valence-corrected chi connectivity index (χ3v) is 12.9. The molecular formula is C60H42N2O. The maximum absolute atomic E-state index is 6.20. The standard InChI is InChI=1S/C60H42N2O/c1-2-47(15-10-12-40-22-36-52-51-17-7-9-21-58(51)63-59(52)38-40)61(48-32-27-44(28-33-48)43-25-23-42(24-26-43)41-13-4-3-5-14-41)49-34-29-45(30-35-49)46-31-37-57-55(39-46)54-19-11-18-53-50-16-6-8-20-56(50)62(57)60(53)54/h2-29,31-39,45H,1,30H2. The Morgan fingerprint density at radius 1 is 0.571 bits per heavy atom. The molecule has 0 amide bonds. The predicted molar refractivity (Wildman–Crippen MR) is 267 cm³/mol. The van der Waals surface area contributed by atoms with Gasteiger partial charge in [-0.25, -0.2) is 0 Å². The number of anilines is 1. The molecule has 1 atom stereocenters. The lowest BCUT2D eigenvalue weighted by Gasteiger charge is -2.30. The Morgan fingerprint density at radius 2 is 1.22 bits per heavy atom. The predicted octanol–water partition coefficient (Wildman–Crippen LogP) is 16.3. The van der Waals surface area contributed by atoms with Crippen LogP contribution in [0.3, 0.4) is 0 Å². The zero-order valence-electron chi connectivity index (χ0n) is 34.7. The molecule has 1 aliphatic carbocycles. The number of hydrogen-bond acceptors (Lipinski definition) is 2. The van der Waals surface area contributed by atoms with E-state index in [1.54, 1.807) is 0 Å². The van der Waals surface area contributed by atoms with Crippen molar-refractivity contribution in [1.82, 2.24) is 4.40 Å². The van der Waals surface area contributed by atoms with Crippen molar-refractivity contribution in [2.24, 2.45) is 0 Å². The maximum Gasteiger partial charge on any atom is 0.136 e. The summed E-state index contributed by atoms with van der Waals surface area (Å²) in [5.74, 6) is 0.252. The van der Waals surface area contributed by atoms with E-state index in [-0.39, 0.29) is 5.92 Å². The van der Waals surface area contributed by atoms with Gasteiger partial charge in [-0.3, -0.25) is 0 Å². The van der Waals surface area contributed by atoms with Crippen LogP contribution in [0.15, 0.2) is 241 Å². The average Bonchev–Trinajstić information content (AvgIpc) is 4.01. The van der Waals surface area contributed by atoms with Gasteiger partial charge in [0.1, 0.15) is 11.2 Å². The molecule has 298 valence electrons. The molecule has 0 bridgehead atoms. The Labute approximate surface area is 366 Å². The lowest BCUT2D eigenvalue weighted by molar-refractivity contribution is 0.669. The molecule has 0 fully saturated rings. The fraction of sp³-hybridized carbons (Fsp3) is 0.0333. The van der Waals surface area contributed by atoms with E-state index in [0.29, 0.717) is 0 Å². The fourth-order valence-corrected chi connectivity index (χ4v) is 9.78. The number of rotatable bonds is 9. The lowest BCUT2D eigenvalue weighted by Crippen LogP contribution is -2.21. The first-order valence-electron chi connectivity index (χ1n) is 21.7. The second-order valence-corrected chi connectivity index (χ2v) is 16.5. The summed E-state index contributed by atoms with van der Waals surface area (Å²) in [6.45, 7) is 4.32. The Kier molecular flexibility index (Phi) is 8.79. The summed E-state index contributed by atoms with van der Waals surface area (Å²) in [7, 11) is 0. The zero-order chi connectivity index (χ0) is 41.9. The van der Waals surface area contributed by atoms with Crippen LogP contribution >= 0.6 is 0 Å². The molecule has 3 aromatic heterocycles. The second-order valence-electron chi connectivity index (χ2n) is 16.5. The SMILES string of the molecule is C=CC(=CC=Cc1ccc2c(c1)oc1ccccc12)N(C1=CCC(c2ccc3c(c2)c2cccc4c5ccccc5n3c42)C=C1)c1ccc(-c2ccc(-c3ccccc3)cc2)cc1. The van der Waals surface area contributed by atoms with Crippen LogP contribution in [0.5, 0.6) is 0 Å². The summed E-state index contributed by atoms with van der Waals surface area (Å²) >= 11 is 0. The van der Waals surface area contributed by atoms with Crippen molar-refractivity contribution in [3.63, 3.8) is 0 Å². The molecule has 0 aliphatic heterocycles. The Hall–Kier alpha value is -8.14. The Bertz CT molecular complexity index is 3650. The number of nitrogens with zero attached hydrogens (tertiary/aromatic N) is 2. The van der Waals surface area contributed by atoms with Crippen molar-refractivity contribution >= 4 is 71.8 Å². The van der Waals surface area contributed by atoms with Gasteiger partial charge < -0.3 is 13.7 Å². The van der Waals surface area contributed by atoms with E-state index in [1.165, 1.54) is 65.9 Å². The number of para-hydroxylation sites is 3. The summed E-state index contributed by atoms with van der Waals surface area (Å²) < 4.78 is 8.65. The molecule has 0 saturated carbocycles. The van der Waals surface area contributed by atoms with Gasteiger partial charge in [0.2, 0.25) is 0 Å². The van der Waals surface area contributed by atoms with Gasteiger partial charge in [-0.05, 0) is 107 Å². The van der Waals surface area contributed by atoms with Gasteiger partial charge in [0.25, 0.3) is 0 Å². The van der Waals surface area contributed by atoms with Crippen molar-refractivity contribution in [1.29, 1.82) is 0 Å². The Balaban J connectivity index is 0.874. The average molecular weight is 807 g/mol. The number of furan rings is 1. The molecule has 1 aliphatic rings. The van der Waals surface area contributed by atoms with Crippen LogP contribution < -0.4 is 4.90 Å². The summed E-state index contributed by atoms with van der Waals surface area (Å²) in [5.41, 5.74) is 16.0. The first kappa shape index (κ1) is 36.7. The van der Waals surface area contributed by atoms with Crippen LogP contribution in [0.4, 0.5) is 5.69 Å². The van der Waals surface area contributed by atoms with E-state index in [1.807, 2.05) is 18.2 Å². The van der Waals surface area contributed by atoms with E-state index in [9.17, 15) is 0 Å². The molecule has 0 radical (unpaired) electrons. The molecule has 8 aromatic carbocycles.